The Bertz CT molecular complexity index is 331. The van der Waals surface area contributed by atoms with Gasteiger partial charge in [-0.25, -0.2) is 4.68 Å². The third-order valence-electron chi connectivity index (χ3n) is 1.80. The van der Waals surface area contributed by atoms with Gasteiger partial charge in [0, 0.05) is 28.5 Å². The van der Waals surface area contributed by atoms with Crippen LogP contribution < -0.4 is 0 Å². The topological polar surface area (TPSA) is 43.6 Å². The van der Waals surface area contributed by atoms with Gasteiger partial charge in [-0.15, -0.1) is 5.10 Å². The fourth-order valence-corrected chi connectivity index (χ4v) is 1.23. The molecule has 1 aliphatic rings. The zero-order valence-electron chi connectivity index (χ0n) is 6.37. The Labute approximate surface area is 83.9 Å². The van der Waals surface area contributed by atoms with Crippen molar-refractivity contribution in [1.29, 1.82) is 0 Å². The molecule has 0 amide bonds. The van der Waals surface area contributed by atoms with Crippen molar-refractivity contribution < 1.29 is 0 Å². The summed E-state index contributed by atoms with van der Waals surface area (Å²) >= 11 is 2.01. The second-order valence-electron chi connectivity index (χ2n) is 2.74. The van der Waals surface area contributed by atoms with Crippen LogP contribution in [0.5, 0.6) is 0 Å². The quantitative estimate of drug-likeness (QED) is 0.595. The highest BCUT2D eigenvalue weighted by Gasteiger charge is 2.29. The highest BCUT2D eigenvalue weighted by Crippen LogP contribution is 2.38. The van der Waals surface area contributed by atoms with Crippen LogP contribution in [0.2, 0.25) is 0 Å². The SMILES string of the molecule is IC#CCn1nnnc1C1CC1. The van der Waals surface area contributed by atoms with E-state index in [0.29, 0.717) is 12.5 Å². The number of aromatic nitrogens is 4. The van der Waals surface area contributed by atoms with Crippen molar-refractivity contribution in [1.82, 2.24) is 20.2 Å². The first kappa shape index (κ1) is 7.98. The summed E-state index contributed by atoms with van der Waals surface area (Å²) in [5.74, 6) is 4.52. The Morgan fingerprint density at radius 3 is 3.08 bits per heavy atom. The van der Waals surface area contributed by atoms with Crippen LogP contribution in [-0.2, 0) is 6.54 Å². The van der Waals surface area contributed by atoms with Crippen molar-refractivity contribution >= 4 is 22.6 Å². The van der Waals surface area contributed by atoms with E-state index in [9.17, 15) is 0 Å². The number of hydrogen-bond acceptors (Lipinski definition) is 3. The largest absolute Gasteiger partial charge is 0.217 e. The molecule has 1 aromatic rings. The van der Waals surface area contributed by atoms with Gasteiger partial charge in [-0.3, -0.25) is 0 Å². The smallest absolute Gasteiger partial charge is 0.155 e. The van der Waals surface area contributed by atoms with Gasteiger partial charge in [0.25, 0.3) is 0 Å². The minimum atomic E-state index is 0.594. The lowest BCUT2D eigenvalue weighted by Gasteiger charge is -1.95. The fraction of sp³-hybridized carbons (Fsp3) is 0.571. The normalized spacial score (nSPS) is 15.4. The molecule has 0 unspecified atom stereocenters. The Kier molecular flexibility index (Phi) is 2.26. The van der Waals surface area contributed by atoms with Gasteiger partial charge in [-0.05, 0) is 27.2 Å². The van der Waals surface area contributed by atoms with E-state index in [0.717, 1.165) is 5.82 Å². The molecular formula is C7H7IN4. The van der Waals surface area contributed by atoms with Gasteiger partial charge in [0.2, 0.25) is 0 Å². The molecule has 0 aliphatic heterocycles. The van der Waals surface area contributed by atoms with Gasteiger partial charge in [-0.2, -0.15) is 0 Å². The number of halogens is 1. The first-order valence-electron chi connectivity index (χ1n) is 3.76. The summed E-state index contributed by atoms with van der Waals surface area (Å²) in [6, 6.07) is 0. The molecule has 5 heteroatoms. The number of tetrazole rings is 1. The average molecular weight is 274 g/mol. The predicted octanol–water partition coefficient (Wildman–Crippen LogP) is 0.946. The average Bonchev–Trinajstić information content (AvgIpc) is 2.83. The van der Waals surface area contributed by atoms with Crippen molar-refractivity contribution in [2.24, 2.45) is 0 Å². The third kappa shape index (κ3) is 1.58. The molecule has 0 atom stereocenters. The van der Waals surface area contributed by atoms with Gasteiger partial charge in [0.05, 0.1) is 0 Å². The van der Waals surface area contributed by atoms with Crippen LogP contribution in [-0.4, -0.2) is 20.2 Å². The van der Waals surface area contributed by atoms with E-state index in [1.807, 2.05) is 22.6 Å². The molecule has 0 N–H and O–H groups in total. The molecule has 0 bridgehead atoms. The second-order valence-corrected chi connectivity index (χ2v) is 3.28. The molecule has 1 heterocycles. The summed E-state index contributed by atoms with van der Waals surface area (Å²) in [6.07, 6.45) is 2.44. The number of hydrogen-bond donors (Lipinski definition) is 0. The van der Waals surface area contributed by atoms with E-state index in [1.54, 1.807) is 4.68 Å². The molecule has 0 aromatic carbocycles. The lowest BCUT2D eigenvalue weighted by molar-refractivity contribution is 0.640. The molecule has 12 heavy (non-hydrogen) atoms. The van der Waals surface area contributed by atoms with Crippen LogP contribution in [0.25, 0.3) is 0 Å². The summed E-state index contributed by atoms with van der Waals surface area (Å²) in [6.45, 7) is 0.613. The fourth-order valence-electron chi connectivity index (χ4n) is 1.06. The zero-order valence-corrected chi connectivity index (χ0v) is 8.52. The van der Waals surface area contributed by atoms with Gasteiger partial charge >= 0.3 is 0 Å². The summed E-state index contributed by atoms with van der Waals surface area (Å²) in [4.78, 5) is 0. The number of rotatable bonds is 2. The van der Waals surface area contributed by atoms with E-state index in [-0.39, 0.29) is 0 Å². The molecule has 0 spiro atoms. The molecule has 4 nitrogen and oxygen atoms in total. The first-order valence-corrected chi connectivity index (χ1v) is 4.84. The molecule has 1 fully saturated rings. The summed E-state index contributed by atoms with van der Waals surface area (Å²) < 4.78 is 4.58. The Morgan fingerprint density at radius 1 is 1.58 bits per heavy atom. The lowest BCUT2D eigenvalue weighted by Crippen LogP contribution is -2.03. The van der Waals surface area contributed by atoms with Gasteiger partial charge in [0.1, 0.15) is 6.54 Å². The molecule has 1 aromatic heterocycles. The monoisotopic (exact) mass is 274 g/mol. The summed E-state index contributed by atoms with van der Waals surface area (Å²) in [5.41, 5.74) is 0. The van der Waals surface area contributed by atoms with Crippen molar-refractivity contribution in [2.75, 3.05) is 0 Å². The number of nitrogens with zero attached hydrogens (tertiary/aromatic N) is 4. The predicted molar refractivity (Wildman–Crippen MR) is 51.6 cm³/mol. The van der Waals surface area contributed by atoms with Gasteiger partial charge < -0.3 is 0 Å². The molecule has 62 valence electrons. The second kappa shape index (κ2) is 3.39. The highest BCUT2D eigenvalue weighted by molar-refractivity contribution is 14.1. The molecular weight excluding hydrogens is 267 g/mol. The van der Waals surface area contributed by atoms with E-state index in [4.69, 9.17) is 0 Å². The van der Waals surface area contributed by atoms with Crippen LogP contribution in [0.15, 0.2) is 0 Å². The zero-order chi connectivity index (χ0) is 8.39. The van der Waals surface area contributed by atoms with Crippen LogP contribution in [0, 0.1) is 9.85 Å². The van der Waals surface area contributed by atoms with Crippen LogP contribution in [0.3, 0.4) is 0 Å². The Morgan fingerprint density at radius 2 is 2.42 bits per heavy atom. The maximum absolute atomic E-state index is 3.96. The molecule has 0 saturated heterocycles. The van der Waals surface area contributed by atoms with E-state index >= 15 is 0 Å². The Hall–Kier alpha value is -0.640. The molecule has 2 rings (SSSR count). The maximum atomic E-state index is 3.96. The van der Waals surface area contributed by atoms with Crippen molar-refractivity contribution in [3.05, 3.63) is 5.82 Å². The highest BCUT2D eigenvalue weighted by atomic mass is 127. The van der Waals surface area contributed by atoms with E-state index in [2.05, 4.69) is 25.4 Å². The third-order valence-corrected chi connectivity index (χ3v) is 2.18. The lowest BCUT2D eigenvalue weighted by atomic mass is 10.4. The van der Waals surface area contributed by atoms with Crippen LogP contribution >= 0.6 is 22.6 Å². The minimum absolute atomic E-state index is 0.594. The van der Waals surface area contributed by atoms with Crippen molar-refractivity contribution in [3.8, 4) is 9.85 Å². The van der Waals surface area contributed by atoms with E-state index < -0.39 is 0 Å². The van der Waals surface area contributed by atoms with Gasteiger partial charge in [-0.1, -0.05) is 5.92 Å². The first-order chi connectivity index (χ1) is 5.92. The van der Waals surface area contributed by atoms with Gasteiger partial charge in [0.15, 0.2) is 5.82 Å². The van der Waals surface area contributed by atoms with Crippen molar-refractivity contribution in [3.63, 3.8) is 0 Å². The summed E-state index contributed by atoms with van der Waals surface area (Å²) in [5, 5.41) is 11.5. The molecule has 0 radical (unpaired) electrons. The van der Waals surface area contributed by atoms with Crippen LogP contribution in [0.1, 0.15) is 24.6 Å². The maximum Gasteiger partial charge on any atom is 0.155 e. The molecule has 1 saturated carbocycles. The van der Waals surface area contributed by atoms with Crippen molar-refractivity contribution in [2.45, 2.75) is 25.3 Å². The minimum Gasteiger partial charge on any atom is -0.217 e. The van der Waals surface area contributed by atoms with Crippen LogP contribution in [0.4, 0.5) is 0 Å². The standard InChI is InChI=1S/C7H7IN4/c8-4-1-5-12-7(6-2-3-6)9-10-11-12/h6H,2-3,5H2. The van der Waals surface area contributed by atoms with E-state index in [1.165, 1.54) is 12.8 Å². The summed E-state index contributed by atoms with van der Waals surface area (Å²) in [7, 11) is 0. The Balaban J connectivity index is 2.16. The molecule has 1 aliphatic carbocycles.